The molecular formula is C21H28ClIN4O2. The average molecular weight is 531 g/mol. The van der Waals surface area contributed by atoms with E-state index in [-0.39, 0.29) is 29.9 Å². The summed E-state index contributed by atoms with van der Waals surface area (Å²) >= 11 is 6.15. The Morgan fingerprint density at radius 3 is 2.66 bits per heavy atom. The molecule has 0 aromatic heterocycles. The monoisotopic (exact) mass is 530 g/mol. The molecule has 2 rings (SSSR count). The van der Waals surface area contributed by atoms with E-state index in [9.17, 15) is 4.79 Å². The first-order valence-corrected chi connectivity index (χ1v) is 9.60. The molecule has 8 heteroatoms. The van der Waals surface area contributed by atoms with Gasteiger partial charge in [-0.1, -0.05) is 29.8 Å². The molecule has 0 aliphatic carbocycles. The smallest absolute Gasteiger partial charge is 0.226 e. The van der Waals surface area contributed by atoms with Gasteiger partial charge >= 0.3 is 0 Å². The minimum Gasteiger partial charge on any atom is -0.497 e. The number of methoxy groups -OCH3 is 1. The van der Waals surface area contributed by atoms with Crippen LogP contribution in [-0.4, -0.2) is 32.1 Å². The summed E-state index contributed by atoms with van der Waals surface area (Å²) in [5.74, 6) is 1.35. The first-order valence-electron chi connectivity index (χ1n) is 9.23. The predicted molar refractivity (Wildman–Crippen MR) is 131 cm³/mol. The number of guanidine groups is 1. The maximum atomic E-state index is 12.2. The molecule has 0 saturated carbocycles. The normalized spacial score (nSPS) is 10.7. The van der Waals surface area contributed by atoms with Crippen molar-refractivity contribution in [3.8, 4) is 5.75 Å². The number of halogens is 2. The fourth-order valence-corrected chi connectivity index (χ4v) is 2.79. The molecule has 6 nitrogen and oxygen atoms in total. The van der Waals surface area contributed by atoms with Crippen molar-refractivity contribution in [2.45, 2.75) is 26.8 Å². The van der Waals surface area contributed by atoms with Gasteiger partial charge in [0.25, 0.3) is 0 Å². The van der Waals surface area contributed by atoms with Gasteiger partial charge in [-0.05, 0) is 49.2 Å². The van der Waals surface area contributed by atoms with E-state index in [1.165, 1.54) is 0 Å². The van der Waals surface area contributed by atoms with E-state index < -0.39 is 0 Å². The third-order valence-corrected chi connectivity index (χ3v) is 4.25. The minimum absolute atomic E-state index is 0. The Morgan fingerprint density at radius 1 is 1.17 bits per heavy atom. The van der Waals surface area contributed by atoms with E-state index in [2.05, 4.69) is 20.9 Å². The summed E-state index contributed by atoms with van der Waals surface area (Å²) in [7, 11) is 1.64. The number of amides is 1. The van der Waals surface area contributed by atoms with Gasteiger partial charge in [0.15, 0.2) is 5.96 Å². The molecule has 0 aliphatic heterocycles. The lowest BCUT2D eigenvalue weighted by molar-refractivity contribution is -0.116. The van der Waals surface area contributed by atoms with Crippen LogP contribution in [0.2, 0.25) is 5.02 Å². The van der Waals surface area contributed by atoms with Crippen molar-refractivity contribution < 1.29 is 9.53 Å². The Morgan fingerprint density at radius 2 is 1.97 bits per heavy atom. The molecule has 158 valence electrons. The zero-order valence-corrected chi connectivity index (χ0v) is 20.0. The number of nitrogens with one attached hydrogen (secondary N) is 3. The highest BCUT2D eigenvalue weighted by Crippen LogP contribution is 2.22. The quantitative estimate of drug-likeness (QED) is 0.269. The molecule has 0 heterocycles. The van der Waals surface area contributed by atoms with Crippen molar-refractivity contribution in [2.24, 2.45) is 4.99 Å². The number of benzene rings is 2. The minimum atomic E-state index is -0.109. The molecule has 1 amide bonds. The molecular weight excluding hydrogens is 503 g/mol. The van der Waals surface area contributed by atoms with Crippen LogP contribution in [0.5, 0.6) is 5.75 Å². The third-order valence-electron chi connectivity index (χ3n) is 3.94. The second-order valence-electron chi connectivity index (χ2n) is 6.25. The van der Waals surface area contributed by atoms with Crippen LogP contribution in [0.25, 0.3) is 0 Å². The topological polar surface area (TPSA) is 74.8 Å². The van der Waals surface area contributed by atoms with Gasteiger partial charge in [0.1, 0.15) is 5.75 Å². The Kier molecular flexibility index (Phi) is 11.5. The number of ether oxygens (including phenoxy) is 1. The zero-order chi connectivity index (χ0) is 20.4. The summed E-state index contributed by atoms with van der Waals surface area (Å²) in [5.41, 5.74) is 2.71. The van der Waals surface area contributed by atoms with Crippen LogP contribution in [0.1, 0.15) is 24.5 Å². The lowest BCUT2D eigenvalue weighted by Gasteiger charge is -2.12. The van der Waals surface area contributed by atoms with E-state index in [1.54, 1.807) is 7.11 Å². The Balaban J connectivity index is 0.00000420. The van der Waals surface area contributed by atoms with E-state index in [4.69, 9.17) is 16.3 Å². The first kappa shape index (κ1) is 25.0. The number of anilines is 1. The Labute approximate surface area is 194 Å². The summed E-state index contributed by atoms with van der Waals surface area (Å²) in [4.78, 5) is 16.7. The predicted octanol–water partition coefficient (Wildman–Crippen LogP) is 4.36. The van der Waals surface area contributed by atoms with Gasteiger partial charge in [-0.15, -0.1) is 24.0 Å². The first-order chi connectivity index (χ1) is 13.5. The van der Waals surface area contributed by atoms with Crippen LogP contribution in [0.4, 0.5) is 5.69 Å². The molecule has 0 saturated heterocycles. The highest BCUT2D eigenvalue weighted by atomic mass is 127. The Hall–Kier alpha value is -2.00. The van der Waals surface area contributed by atoms with Gasteiger partial charge in [0, 0.05) is 19.5 Å². The lowest BCUT2D eigenvalue weighted by atomic mass is 10.2. The number of aryl methyl sites for hydroxylation is 1. The van der Waals surface area contributed by atoms with Crippen molar-refractivity contribution in [3.63, 3.8) is 0 Å². The van der Waals surface area contributed by atoms with Crippen molar-refractivity contribution in [3.05, 3.63) is 58.6 Å². The molecule has 0 aliphatic rings. The lowest BCUT2D eigenvalue weighted by Crippen LogP contribution is -2.38. The number of carbonyl (C=O) groups is 1. The molecule has 0 atom stereocenters. The highest BCUT2D eigenvalue weighted by Gasteiger charge is 2.07. The largest absolute Gasteiger partial charge is 0.497 e. The van der Waals surface area contributed by atoms with Gasteiger partial charge in [-0.2, -0.15) is 0 Å². The fourth-order valence-electron chi connectivity index (χ4n) is 2.51. The summed E-state index contributed by atoms with van der Waals surface area (Å²) < 4.78 is 5.23. The summed E-state index contributed by atoms with van der Waals surface area (Å²) in [5, 5.41) is 9.71. The number of nitrogens with zero attached hydrogens (tertiary/aromatic N) is 1. The summed E-state index contributed by atoms with van der Waals surface area (Å²) in [6.07, 6.45) is 0.299. The van der Waals surface area contributed by atoms with Crippen molar-refractivity contribution >= 4 is 53.1 Å². The number of hydrogen-bond donors (Lipinski definition) is 3. The van der Waals surface area contributed by atoms with E-state index in [0.29, 0.717) is 36.2 Å². The third kappa shape index (κ3) is 8.91. The zero-order valence-electron chi connectivity index (χ0n) is 16.9. The standard InChI is InChI=1S/C21H27ClN4O2.HI/c1-4-23-21(25-14-16-6-5-7-17(13-16)28-3)24-11-10-20(27)26-19-9-8-15(2)12-18(19)22;/h5-9,12-13H,4,10-11,14H2,1-3H3,(H,26,27)(H2,23,24,25);1H. The van der Waals surface area contributed by atoms with Crippen molar-refractivity contribution in [1.82, 2.24) is 10.6 Å². The fraction of sp³-hybridized carbons (Fsp3) is 0.333. The van der Waals surface area contributed by atoms with Crippen LogP contribution in [-0.2, 0) is 11.3 Å². The van der Waals surface area contributed by atoms with Crippen molar-refractivity contribution in [1.29, 1.82) is 0 Å². The van der Waals surface area contributed by atoms with E-state index in [1.807, 2.05) is 56.3 Å². The average Bonchev–Trinajstić information content (AvgIpc) is 2.68. The molecule has 0 radical (unpaired) electrons. The number of carbonyl (C=O) groups excluding carboxylic acids is 1. The molecule has 0 spiro atoms. The Bertz CT molecular complexity index is 830. The molecule has 2 aromatic carbocycles. The van der Waals surface area contributed by atoms with E-state index in [0.717, 1.165) is 23.4 Å². The summed E-state index contributed by atoms with van der Waals surface area (Å²) in [6.45, 7) is 5.65. The maximum absolute atomic E-state index is 12.2. The maximum Gasteiger partial charge on any atom is 0.226 e. The highest BCUT2D eigenvalue weighted by molar-refractivity contribution is 14.0. The van der Waals surface area contributed by atoms with Crippen LogP contribution in [0, 0.1) is 6.92 Å². The molecule has 0 bridgehead atoms. The van der Waals surface area contributed by atoms with Crippen molar-refractivity contribution in [2.75, 3.05) is 25.5 Å². The molecule has 2 aromatic rings. The second-order valence-corrected chi connectivity index (χ2v) is 6.66. The number of hydrogen-bond acceptors (Lipinski definition) is 3. The molecule has 3 N–H and O–H groups in total. The van der Waals surface area contributed by atoms with Crippen LogP contribution >= 0.6 is 35.6 Å². The van der Waals surface area contributed by atoms with E-state index >= 15 is 0 Å². The summed E-state index contributed by atoms with van der Waals surface area (Å²) in [6, 6.07) is 13.3. The van der Waals surface area contributed by atoms with Gasteiger partial charge in [0.05, 0.1) is 24.4 Å². The van der Waals surface area contributed by atoms with Gasteiger partial charge in [-0.3, -0.25) is 4.79 Å². The molecule has 29 heavy (non-hydrogen) atoms. The van der Waals surface area contributed by atoms with Gasteiger partial charge in [0.2, 0.25) is 5.91 Å². The molecule has 0 unspecified atom stereocenters. The van der Waals surface area contributed by atoms with Gasteiger partial charge < -0.3 is 20.7 Å². The van der Waals surface area contributed by atoms with Crippen LogP contribution in [0.15, 0.2) is 47.5 Å². The van der Waals surface area contributed by atoms with Gasteiger partial charge in [-0.25, -0.2) is 4.99 Å². The second kappa shape index (κ2) is 13.3. The SMILES string of the molecule is CCNC(=NCc1cccc(OC)c1)NCCC(=O)Nc1ccc(C)cc1Cl.I. The van der Waals surface area contributed by atoms with Crippen LogP contribution in [0.3, 0.4) is 0 Å². The molecule has 0 fully saturated rings. The van der Waals surface area contributed by atoms with Crippen LogP contribution < -0.4 is 20.7 Å². The number of rotatable bonds is 8. The number of aliphatic imine (C=N–C) groups is 1.